The van der Waals surface area contributed by atoms with Crippen molar-refractivity contribution in [2.45, 2.75) is 39.2 Å². The Labute approximate surface area is 160 Å². The van der Waals surface area contributed by atoms with Gasteiger partial charge >= 0.3 is 0 Å². The van der Waals surface area contributed by atoms with Crippen molar-refractivity contribution < 1.29 is 9.59 Å². The molecule has 140 valence electrons. The van der Waals surface area contributed by atoms with E-state index in [4.69, 9.17) is 0 Å². The molecule has 1 fully saturated rings. The van der Waals surface area contributed by atoms with Crippen LogP contribution in [-0.2, 0) is 22.6 Å². The molecule has 0 N–H and O–H groups in total. The van der Waals surface area contributed by atoms with Gasteiger partial charge in [-0.15, -0.1) is 0 Å². The molecule has 4 nitrogen and oxygen atoms in total. The molecule has 0 saturated heterocycles. The first-order chi connectivity index (χ1) is 13.2. The number of benzene rings is 2. The number of hydrogen-bond acceptors (Lipinski definition) is 2. The molecular weight excluding hydrogens is 336 g/mol. The number of carbonyl (C=O) groups is 2. The maximum absolute atomic E-state index is 13.4. The van der Waals surface area contributed by atoms with E-state index >= 15 is 0 Å². The van der Waals surface area contributed by atoms with Gasteiger partial charge < -0.3 is 9.80 Å². The summed E-state index contributed by atoms with van der Waals surface area (Å²) in [5, 5.41) is 0. The van der Waals surface area contributed by atoms with Crippen LogP contribution in [0.25, 0.3) is 0 Å². The van der Waals surface area contributed by atoms with Gasteiger partial charge in [-0.1, -0.05) is 48.5 Å². The topological polar surface area (TPSA) is 40.6 Å². The van der Waals surface area contributed by atoms with Crippen molar-refractivity contribution in [2.24, 2.45) is 5.41 Å². The first-order valence-corrected chi connectivity index (χ1v) is 9.89. The fourth-order valence-corrected chi connectivity index (χ4v) is 4.08. The van der Waals surface area contributed by atoms with E-state index in [9.17, 15) is 9.59 Å². The number of rotatable bonds is 5. The monoisotopic (exact) mass is 362 g/mol. The van der Waals surface area contributed by atoms with Crippen LogP contribution in [0.15, 0.2) is 54.6 Å². The van der Waals surface area contributed by atoms with Crippen molar-refractivity contribution in [3.63, 3.8) is 0 Å². The van der Waals surface area contributed by atoms with Gasteiger partial charge in [-0.3, -0.25) is 9.59 Å². The Morgan fingerprint density at radius 2 is 1.74 bits per heavy atom. The lowest BCUT2D eigenvalue weighted by Crippen LogP contribution is -2.48. The van der Waals surface area contributed by atoms with E-state index in [1.54, 1.807) is 0 Å². The lowest BCUT2D eigenvalue weighted by Gasteiger charge is -2.34. The van der Waals surface area contributed by atoms with Gasteiger partial charge in [-0.25, -0.2) is 0 Å². The molecule has 1 saturated carbocycles. The molecule has 0 bridgehead atoms. The van der Waals surface area contributed by atoms with Gasteiger partial charge in [0.1, 0.15) is 5.41 Å². The summed E-state index contributed by atoms with van der Waals surface area (Å²) >= 11 is 0. The molecule has 4 rings (SSSR count). The highest BCUT2D eigenvalue weighted by Gasteiger charge is 2.59. The van der Waals surface area contributed by atoms with Crippen molar-refractivity contribution in [1.29, 1.82) is 0 Å². The fourth-order valence-electron chi connectivity index (χ4n) is 4.08. The van der Waals surface area contributed by atoms with Crippen LogP contribution >= 0.6 is 0 Å². The summed E-state index contributed by atoms with van der Waals surface area (Å²) in [6.07, 6.45) is 3.27. The molecule has 2 amide bonds. The summed E-state index contributed by atoms with van der Waals surface area (Å²) in [5.74, 6) is -0.0203. The van der Waals surface area contributed by atoms with Crippen molar-refractivity contribution >= 4 is 17.5 Å². The summed E-state index contributed by atoms with van der Waals surface area (Å²) in [5.41, 5.74) is 2.44. The third-order valence-electron chi connectivity index (χ3n) is 5.81. The average Bonchev–Trinajstić information content (AvgIpc) is 3.53. The number of para-hydroxylation sites is 1. The Morgan fingerprint density at radius 1 is 1.04 bits per heavy atom. The van der Waals surface area contributed by atoms with Gasteiger partial charge in [0.05, 0.1) is 0 Å². The molecule has 2 aromatic carbocycles. The number of nitrogens with zero attached hydrogens (tertiary/aromatic N) is 2. The molecule has 1 aliphatic heterocycles. The first-order valence-electron chi connectivity index (χ1n) is 9.89. The van der Waals surface area contributed by atoms with Gasteiger partial charge in [-0.2, -0.15) is 0 Å². The van der Waals surface area contributed by atoms with Crippen LogP contribution in [0.5, 0.6) is 0 Å². The molecule has 2 aliphatic rings. The minimum atomic E-state index is -0.852. The van der Waals surface area contributed by atoms with Crippen LogP contribution in [0.4, 0.5) is 5.69 Å². The maximum Gasteiger partial charge on any atom is 0.242 e. The van der Waals surface area contributed by atoms with E-state index in [1.165, 1.54) is 5.56 Å². The fraction of sp³-hybridized carbons (Fsp3) is 0.391. The number of carbonyl (C=O) groups excluding carboxylic acids is 2. The molecule has 0 spiro atoms. The van der Waals surface area contributed by atoms with E-state index < -0.39 is 5.41 Å². The molecule has 27 heavy (non-hydrogen) atoms. The van der Waals surface area contributed by atoms with Gasteiger partial charge in [0.2, 0.25) is 11.8 Å². The van der Waals surface area contributed by atoms with Crippen LogP contribution < -0.4 is 4.90 Å². The van der Waals surface area contributed by atoms with Crippen LogP contribution in [0.2, 0.25) is 0 Å². The molecule has 0 aromatic heterocycles. The molecule has 0 radical (unpaired) electrons. The number of anilines is 1. The van der Waals surface area contributed by atoms with Crippen molar-refractivity contribution in [3.8, 4) is 0 Å². The van der Waals surface area contributed by atoms with Crippen molar-refractivity contribution in [2.75, 3.05) is 18.0 Å². The van der Waals surface area contributed by atoms with Crippen LogP contribution in [0, 0.1) is 5.41 Å². The lowest BCUT2D eigenvalue weighted by atomic mass is 9.97. The van der Waals surface area contributed by atoms with E-state index in [0.29, 0.717) is 32.5 Å². The third-order valence-corrected chi connectivity index (χ3v) is 5.81. The minimum Gasteiger partial charge on any atom is -0.338 e. The predicted octanol–water partition coefficient (Wildman–Crippen LogP) is 3.79. The second-order valence-corrected chi connectivity index (χ2v) is 7.58. The molecule has 2 aromatic rings. The van der Waals surface area contributed by atoms with Crippen LogP contribution in [0.3, 0.4) is 0 Å². The average molecular weight is 362 g/mol. The van der Waals surface area contributed by atoms with Gasteiger partial charge in [0, 0.05) is 25.3 Å². The molecule has 4 heteroatoms. The zero-order chi connectivity index (χ0) is 18.9. The van der Waals surface area contributed by atoms with Crippen LogP contribution in [0.1, 0.15) is 37.3 Å². The van der Waals surface area contributed by atoms with E-state index in [-0.39, 0.29) is 11.8 Å². The minimum absolute atomic E-state index is 0.00818. The zero-order valence-corrected chi connectivity index (χ0v) is 15.9. The second kappa shape index (κ2) is 7.18. The van der Waals surface area contributed by atoms with E-state index in [2.05, 4.69) is 6.07 Å². The van der Waals surface area contributed by atoms with Gasteiger partial charge in [-0.05, 0) is 49.8 Å². The molecular formula is C23H26N2O2. The first kappa shape index (κ1) is 17.8. The predicted molar refractivity (Wildman–Crippen MR) is 106 cm³/mol. The summed E-state index contributed by atoms with van der Waals surface area (Å²) in [6, 6.07) is 18.1. The van der Waals surface area contributed by atoms with Crippen molar-refractivity contribution in [1.82, 2.24) is 4.90 Å². The lowest BCUT2D eigenvalue weighted by molar-refractivity contribution is -0.143. The number of fused-ring (bicyclic) bond motifs is 1. The highest BCUT2D eigenvalue weighted by molar-refractivity contribution is 6.14. The second-order valence-electron chi connectivity index (χ2n) is 7.58. The molecule has 0 unspecified atom stereocenters. The summed E-state index contributed by atoms with van der Waals surface area (Å²) in [6.45, 7) is 3.86. The highest BCUT2D eigenvalue weighted by atomic mass is 16.2. The Bertz CT molecular complexity index is 842. The third kappa shape index (κ3) is 3.25. The smallest absolute Gasteiger partial charge is 0.242 e. The summed E-state index contributed by atoms with van der Waals surface area (Å²) < 4.78 is 0. The standard InChI is InChI=1S/C23H26N2O2/c1-2-24(17-18-9-4-3-5-10-18)21(26)23(14-15-23)22(27)25-16-8-12-19-11-6-7-13-20(19)25/h3-7,9-11,13H,2,8,12,14-17H2,1H3. The van der Waals surface area contributed by atoms with E-state index in [1.807, 2.05) is 65.3 Å². The van der Waals surface area contributed by atoms with Crippen LogP contribution in [-0.4, -0.2) is 29.8 Å². The van der Waals surface area contributed by atoms with Crippen molar-refractivity contribution in [3.05, 3.63) is 65.7 Å². The van der Waals surface area contributed by atoms with Gasteiger partial charge in [0.15, 0.2) is 0 Å². The Balaban J connectivity index is 1.56. The number of aryl methyl sites for hydroxylation is 1. The normalized spacial score (nSPS) is 17.1. The Morgan fingerprint density at radius 3 is 2.44 bits per heavy atom. The SMILES string of the molecule is CCN(Cc1ccccc1)C(=O)C1(C(=O)N2CCCc3ccccc32)CC1. The molecule has 0 atom stereocenters. The number of amides is 2. The maximum atomic E-state index is 13.4. The van der Waals surface area contributed by atoms with Gasteiger partial charge in [0.25, 0.3) is 0 Å². The largest absolute Gasteiger partial charge is 0.338 e. The zero-order valence-electron chi connectivity index (χ0n) is 15.9. The van der Waals surface area contributed by atoms with E-state index in [0.717, 1.165) is 24.1 Å². The molecule has 1 aliphatic carbocycles. The quantitative estimate of drug-likeness (QED) is 0.759. The summed E-state index contributed by atoms with van der Waals surface area (Å²) in [7, 11) is 0. The number of hydrogen-bond donors (Lipinski definition) is 0. The Hall–Kier alpha value is -2.62. The summed E-state index contributed by atoms with van der Waals surface area (Å²) in [4.78, 5) is 30.5. The highest BCUT2D eigenvalue weighted by Crippen LogP contribution is 2.50. The Kier molecular flexibility index (Phi) is 4.73. The molecule has 1 heterocycles.